The Balaban J connectivity index is 1.87. The summed E-state index contributed by atoms with van der Waals surface area (Å²) in [6, 6.07) is 7.30. The van der Waals surface area contributed by atoms with Crippen LogP contribution in [0.15, 0.2) is 28.8 Å². The van der Waals surface area contributed by atoms with Crippen LogP contribution in [0.1, 0.15) is 49.8 Å². The van der Waals surface area contributed by atoms with Gasteiger partial charge in [0.2, 0.25) is 0 Å². The van der Waals surface area contributed by atoms with Crippen molar-refractivity contribution in [3.05, 3.63) is 35.7 Å². The molecule has 3 N–H and O–H groups in total. The van der Waals surface area contributed by atoms with Gasteiger partial charge in [-0.15, -0.1) is 0 Å². The third-order valence-corrected chi connectivity index (χ3v) is 4.26. The molecule has 1 fully saturated rings. The van der Waals surface area contributed by atoms with Crippen LogP contribution in [0.2, 0.25) is 0 Å². The molecular formula is C18H24N4O2. The molecule has 6 nitrogen and oxygen atoms in total. The molecule has 3 rings (SSSR count). The smallest absolute Gasteiger partial charge is 0.258 e. The van der Waals surface area contributed by atoms with Gasteiger partial charge in [0, 0.05) is 18.0 Å². The van der Waals surface area contributed by atoms with E-state index < -0.39 is 0 Å². The molecule has 24 heavy (non-hydrogen) atoms. The van der Waals surface area contributed by atoms with Gasteiger partial charge in [-0.2, -0.15) is 4.98 Å². The van der Waals surface area contributed by atoms with E-state index in [1.807, 2.05) is 39.0 Å². The van der Waals surface area contributed by atoms with E-state index in [1.165, 1.54) is 0 Å². The number of nitrogens with two attached hydrogens (primary N) is 1. The van der Waals surface area contributed by atoms with Gasteiger partial charge >= 0.3 is 0 Å². The topological polar surface area (TPSA) is 94.0 Å². The van der Waals surface area contributed by atoms with E-state index in [0.29, 0.717) is 35.3 Å². The van der Waals surface area contributed by atoms with Crippen LogP contribution >= 0.6 is 0 Å². The summed E-state index contributed by atoms with van der Waals surface area (Å²) in [7, 11) is 0. The molecule has 0 saturated heterocycles. The van der Waals surface area contributed by atoms with Gasteiger partial charge in [0.1, 0.15) is 0 Å². The molecule has 0 bridgehead atoms. The molecule has 1 aliphatic carbocycles. The van der Waals surface area contributed by atoms with Gasteiger partial charge in [0.25, 0.3) is 11.8 Å². The zero-order chi connectivity index (χ0) is 17.3. The van der Waals surface area contributed by atoms with Crippen molar-refractivity contribution in [2.24, 2.45) is 11.7 Å². The predicted octanol–water partition coefficient (Wildman–Crippen LogP) is 2.50. The first-order valence-electron chi connectivity index (χ1n) is 8.34. The summed E-state index contributed by atoms with van der Waals surface area (Å²) in [5.41, 5.74) is 6.74. The van der Waals surface area contributed by atoms with Crippen LogP contribution in [0, 0.1) is 5.92 Å². The molecule has 1 aliphatic rings. The van der Waals surface area contributed by atoms with E-state index in [-0.39, 0.29) is 17.4 Å². The zero-order valence-electron chi connectivity index (χ0n) is 14.4. The summed E-state index contributed by atoms with van der Waals surface area (Å²) in [5, 5.41) is 7.08. The highest BCUT2D eigenvalue weighted by molar-refractivity contribution is 6.00. The Morgan fingerprint density at radius 1 is 1.38 bits per heavy atom. The molecule has 6 heteroatoms. The second kappa shape index (κ2) is 6.36. The lowest BCUT2D eigenvalue weighted by Crippen LogP contribution is -2.41. The Morgan fingerprint density at radius 3 is 2.67 bits per heavy atom. The third-order valence-electron chi connectivity index (χ3n) is 4.26. The van der Waals surface area contributed by atoms with Crippen molar-refractivity contribution in [1.29, 1.82) is 0 Å². The molecule has 1 atom stereocenters. The van der Waals surface area contributed by atoms with E-state index in [9.17, 15) is 4.79 Å². The molecule has 128 valence electrons. The van der Waals surface area contributed by atoms with Crippen molar-refractivity contribution < 1.29 is 9.32 Å². The van der Waals surface area contributed by atoms with Crippen LogP contribution < -0.4 is 11.1 Å². The van der Waals surface area contributed by atoms with Crippen LogP contribution in [0.5, 0.6) is 0 Å². The lowest BCUT2D eigenvalue weighted by atomic mass is 9.96. The second-order valence-corrected chi connectivity index (χ2v) is 7.37. The van der Waals surface area contributed by atoms with Crippen LogP contribution in [0.4, 0.5) is 0 Å². The Labute approximate surface area is 141 Å². The maximum Gasteiger partial charge on any atom is 0.258 e. The first-order valence-corrected chi connectivity index (χ1v) is 8.34. The number of aromatic nitrogens is 2. The monoisotopic (exact) mass is 328 g/mol. The number of carbonyl (C=O) groups is 1. The minimum Gasteiger partial charge on any atom is -0.348 e. The Bertz CT molecular complexity index is 729. The van der Waals surface area contributed by atoms with Gasteiger partial charge in [-0.3, -0.25) is 4.79 Å². The van der Waals surface area contributed by atoms with Gasteiger partial charge in [-0.25, -0.2) is 0 Å². The summed E-state index contributed by atoms with van der Waals surface area (Å²) in [6.07, 6.45) is 2.25. The number of benzene rings is 1. The number of rotatable bonds is 5. The van der Waals surface area contributed by atoms with E-state index in [0.717, 1.165) is 12.8 Å². The van der Waals surface area contributed by atoms with Crippen LogP contribution in [-0.2, 0) is 5.41 Å². The number of hydrogen-bond donors (Lipinski definition) is 2. The van der Waals surface area contributed by atoms with Crippen molar-refractivity contribution in [3.8, 4) is 11.5 Å². The third kappa shape index (κ3) is 3.48. The number of hydrogen-bond acceptors (Lipinski definition) is 5. The Kier molecular flexibility index (Phi) is 4.41. The summed E-state index contributed by atoms with van der Waals surface area (Å²) < 4.78 is 5.39. The van der Waals surface area contributed by atoms with Crippen LogP contribution in [0.3, 0.4) is 0 Å². The van der Waals surface area contributed by atoms with E-state index in [1.54, 1.807) is 6.07 Å². The lowest BCUT2D eigenvalue weighted by Gasteiger charge is -2.16. The molecule has 1 heterocycles. The largest absolute Gasteiger partial charge is 0.348 e. The standard InChI is InChI=1S/C18H24N4O2/c1-18(2,3)17-21-16(24-22-17)13-7-5-4-6-12(13)15(23)20-14(10-19)11-8-9-11/h4-7,11,14H,8-10,19H2,1-3H3,(H,20,23). The zero-order valence-corrected chi connectivity index (χ0v) is 14.4. The minimum atomic E-state index is -0.213. The Morgan fingerprint density at radius 2 is 2.08 bits per heavy atom. The molecule has 0 aliphatic heterocycles. The highest BCUT2D eigenvalue weighted by atomic mass is 16.5. The molecule has 1 saturated carbocycles. The summed E-state index contributed by atoms with van der Waals surface area (Å²) in [5.74, 6) is 1.33. The molecule has 2 aromatic rings. The fraction of sp³-hybridized carbons (Fsp3) is 0.500. The molecule has 1 unspecified atom stereocenters. The van der Waals surface area contributed by atoms with Gasteiger partial charge in [-0.05, 0) is 30.9 Å². The van der Waals surface area contributed by atoms with Crippen LogP contribution in [0.25, 0.3) is 11.5 Å². The summed E-state index contributed by atoms with van der Waals surface area (Å²) in [6.45, 7) is 6.50. The molecule has 1 aromatic heterocycles. The number of carbonyl (C=O) groups excluding carboxylic acids is 1. The first kappa shape index (κ1) is 16.6. The lowest BCUT2D eigenvalue weighted by molar-refractivity contribution is 0.0934. The predicted molar refractivity (Wildman–Crippen MR) is 91.5 cm³/mol. The van der Waals surface area contributed by atoms with E-state index in [2.05, 4.69) is 15.5 Å². The SMILES string of the molecule is CC(C)(C)c1noc(-c2ccccc2C(=O)NC(CN)C2CC2)n1. The van der Waals surface area contributed by atoms with Crippen molar-refractivity contribution in [2.45, 2.75) is 45.1 Å². The summed E-state index contributed by atoms with van der Waals surface area (Å²) >= 11 is 0. The van der Waals surface area contributed by atoms with Crippen molar-refractivity contribution >= 4 is 5.91 Å². The van der Waals surface area contributed by atoms with Crippen molar-refractivity contribution in [2.75, 3.05) is 6.54 Å². The average Bonchev–Trinajstić information content (AvgIpc) is 3.26. The second-order valence-electron chi connectivity index (χ2n) is 7.37. The van der Waals surface area contributed by atoms with Crippen molar-refractivity contribution in [1.82, 2.24) is 15.5 Å². The van der Waals surface area contributed by atoms with Gasteiger partial charge in [-0.1, -0.05) is 38.1 Å². The maximum atomic E-state index is 12.7. The van der Waals surface area contributed by atoms with Gasteiger partial charge < -0.3 is 15.6 Å². The fourth-order valence-electron chi connectivity index (χ4n) is 2.62. The minimum absolute atomic E-state index is 0.0263. The molecule has 0 radical (unpaired) electrons. The fourth-order valence-corrected chi connectivity index (χ4v) is 2.62. The van der Waals surface area contributed by atoms with E-state index >= 15 is 0 Å². The summed E-state index contributed by atoms with van der Waals surface area (Å²) in [4.78, 5) is 17.1. The van der Waals surface area contributed by atoms with Crippen molar-refractivity contribution in [3.63, 3.8) is 0 Å². The molecule has 1 aromatic carbocycles. The molecule has 0 spiro atoms. The average molecular weight is 328 g/mol. The number of amides is 1. The van der Waals surface area contributed by atoms with E-state index in [4.69, 9.17) is 10.3 Å². The first-order chi connectivity index (χ1) is 11.4. The molecular weight excluding hydrogens is 304 g/mol. The highest BCUT2D eigenvalue weighted by Gasteiger charge is 2.32. The number of nitrogens with one attached hydrogen (secondary N) is 1. The molecule has 1 amide bonds. The maximum absolute atomic E-state index is 12.7. The van der Waals surface area contributed by atoms with Gasteiger partial charge in [0.05, 0.1) is 11.1 Å². The highest BCUT2D eigenvalue weighted by Crippen LogP contribution is 2.32. The quantitative estimate of drug-likeness (QED) is 0.879. The normalized spacial score (nSPS) is 16.0. The van der Waals surface area contributed by atoms with Crippen LogP contribution in [-0.4, -0.2) is 28.6 Å². The Hall–Kier alpha value is -2.21. The van der Waals surface area contributed by atoms with Gasteiger partial charge in [0.15, 0.2) is 5.82 Å². The number of nitrogens with zero attached hydrogens (tertiary/aromatic N) is 2.